The zero-order chi connectivity index (χ0) is 13.1. The summed E-state index contributed by atoms with van der Waals surface area (Å²) in [4.78, 5) is 2.52. The van der Waals surface area contributed by atoms with Crippen LogP contribution in [0.15, 0.2) is 22.8 Å². The Balaban J connectivity index is 2.23. The van der Waals surface area contributed by atoms with Gasteiger partial charge in [0, 0.05) is 29.6 Å². The highest BCUT2D eigenvalue weighted by Crippen LogP contribution is 2.34. The van der Waals surface area contributed by atoms with E-state index in [1.165, 1.54) is 5.75 Å². The monoisotopic (exact) mass is 268 g/mol. The lowest BCUT2D eigenvalue weighted by Gasteiger charge is -2.43. The van der Waals surface area contributed by atoms with Crippen molar-refractivity contribution in [1.29, 1.82) is 0 Å². The minimum atomic E-state index is 0.133. The smallest absolute Gasteiger partial charge is 0.122 e. The normalized spacial score (nSPS) is 29.1. The molecule has 1 saturated heterocycles. The number of rotatable bonds is 4. The molecule has 4 atom stereocenters. The molecule has 102 valence electrons. The Morgan fingerprint density at radius 2 is 2.33 bits per heavy atom. The van der Waals surface area contributed by atoms with Crippen molar-refractivity contribution in [3.05, 3.63) is 24.2 Å². The maximum absolute atomic E-state index is 6.34. The molecule has 0 amide bonds. The van der Waals surface area contributed by atoms with Crippen LogP contribution in [0.3, 0.4) is 0 Å². The second kappa shape index (κ2) is 6.13. The van der Waals surface area contributed by atoms with E-state index in [0.717, 1.165) is 18.7 Å². The molecular formula is C14H24N2OS. The van der Waals surface area contributed by atoms with Gasteiger partial charge in [-0.1, -0.05) is 13.8 Å². The summed E-state index contributed by atoms with van der Waals surface area (Å²) in [5, 5.41) is 0.653. The fourth-order valence-electron chi connectivity index (χ4n) is 2.65. The van der Waals surface area contributed by atoms with Crippen molar-refractivity contribution < 1.29 is 4.42 Å². The van der Waals surface area contributed by atoms with Gasteiger partial charge in [-0.15, -0.1) is 0 Å². The summed E-state index contributed by atoms with van der Waals surface area (Å²) in [5.41, 5.74) is 6.34. The van der Waals surface area contributed by atoms with E-state index in [4.69, 9.17) is 10.2 Å². The lowest BCUT2D eigenvalue weighted by Crippen LogP contribution is -2.51. The van der Waals surface area contributed by atoms with Gasteiger partial charge >= 0.3 is 0 Å². The molecule has 0 bridgehead atoms. The average molecular weight is 268 g/mol. The second-order valence-electron chi connectivity index (χ2n) is 5.09. The largest absolute Gasteiger partial charge is 0.468 e. The summed E-state index contributed by atoms with van der Waals surface area (Å²) in [7, 11) is 0. The van der Waals surface area contributed by atoms with Crippen molar-refractivity contribution >= 4 is 11.8 Å². The summed E-state index contributed by atoms with van der Waals surface area (Å²) in [6, 6.07) is 4.89. The maximum Gasteiger partial charge on any atom is 0.122 e. The molecule has 0 saturated carbocycles. The first-order valence-electron chi connectivity index (χ1n) is 6.81. The average Bonchev–Trinajstić information content (AvgIpc) is 2.88. The molecule has 1 aliphatic rings. The van der Waals surface area contributed by atoms with Gasteiger partial charge in [-0.3, -0.25) is 4.90 Å². The van der Waals surface area contributed by atoms with Crippen LogP contribution in [0.4, 0.5) is 0 Å². The van der Waals surface area contributed by atoms with E-state index >= 15 is 0 Å². The molecule has 1 fully saturated rings. The molecular weight excluding hydrogens is 244 g/mol. The lowest BCUT2D eigenvalue weighted by atomic mass is 9.99. The molecule has 1 aromatic heterocycles. The van der Waals surface area contributed by atoms with E-state index in [1.807, 2.05) is 6.07 Å². The number of furan rings is 1. The van der Waals surface area contributed by atoms with Gasteiger partial charge in [-0.2, -0.15) is 11.8 Å². The highest BCUT2D eigenvalue weighted by Gasteiger charge is 2.35. The Kier molecular flexibility index (Phi) is 4.76. The molecule has 0 spiro atoms. The Morgan fingerprint density at radius 3 is 2.94 bits per heavy atom. The topological polar surface area (TPSA) is 42.4 Å². The molecule has 1 aliphatic heterocycles. The van der Waals surface area contributed by atoms with Gasteiger partial charge in [0.2, 0.25) is 0 Å². The molecule has 1 aromatic rings. The summed E-state index contributed by atoms with van der Waals surface area (Å²) >= 11 is 2.05. The SMILES string of the molecule is CCC(N)C(c1ccco1)N1CCSC(C)C1C. The molecule has 18 heavy (non-hydrogen) atoms. The highest BCUT2D eigenvalue weighted by molar-refractivity contribution is 8.00. The quantitative estimate of drug-likeness (QED) is 0.912. The minimum Gasteiger partial charge on any atom is -0.468 e. The first-order valence-corrected chi connectivity index (χ1v) is 7.86. The third-order valence-electron chi connectivity index (χ3n) is 4.00. The Bertz CT molecular complexity index is 355. The number of hydrogen-bond acceptors (Lipinski definition) is 4. The first kappa shape index (κ1) is 14.0. The standard InChI is InChI=1S/C14H24N2OS/c1-4-12(15)14(13-6-5-8-17-13)16-7-9-18-11(3)10(16)2/h5-6,8,10-12,14H,4,7,9,15H2,1-3H3. The van der Waals surface area contributed by atoms with Crippen LogP contribution in [0, 0.1) is 0 Å². The Hall–Kier alpha value is -0.450. The van der Waals surface area contributed by atoms with Crippen LogP contribution < -0.4 is 5.73 Å². The van der Waals surface area contributed by atoms with Crippen LogP contribution in [0.1, 0.15) is 39.0 Å². The van der Waals surface area contributed by atoms with Crippen molar-refractivity contribution in [3.8, 4) is 0 Å². The number of thioether (sulfide) groups is 1. The molecule has 2 N–H and O–H groups in total. The van der Waals surface area contributed by atoms with E-state index in [1.54, 1.807) is 6.26 Å². The Morgan fingerprint density at radius 1 is 1.56 bits per heavy atom. The van der Waals surface area contributed by atoms with Gasteiger partial charge in [-0.25, -0.2) is 0 Å². The summed E-state index contributed by atoms with van der Waals surface area (Å²) in [5.74, 6) is 2.19. The Labute approximate surface area is 114 Å². The minimum absolute atomic E-state index is 0.133. The van der Waals surface area contributed by atoms with Crippen LogP contribution in [0.25, 0.3) is 0 Å². The molecule has 0 aliphatic carbocycles. The van der Waals surface area contributed by atoms with Gasteiger partial charge < -0.3 is 10.2 Å². The van der Waals surface area contributed by atoms with E-state index in [2.05, 4.69) is 43.5 Å². The van der Waals surface area contributed by atoms with Crippen LogP contribution in [-0.4, -0.2) is 34.5 Å². The number of nitrogens with two attached hydrogens (primary N) is 1. The van der Waals surface area contributed by atoms with Crippen molar-refractivity contribution in [2.24, 2.45) is 5.73 Å². The predicted octanol–water partition coefficient (Wildman–Crippen LogP) is 2.88. The molecule has 2 heterocycles. The number of nitrogens with zero attached hydrogens (tertiary/aromatic N) is 1. The molecule has 0 radical (unpaired) electrons. The maximum atomic E-state index is 6.34. The van der Waals surface area contributed by atoms with E-state index < -0.39 is 0 Å². The van der Waals surface area contributed by atoms with E-state index in [0.29, 0.717) is 11.3 Å². The van der Waals surface area contributed by atoms with Crippen molar-refractivity contribution in [2.45, 2.75) is 50.6 Å². The lowest BCUT2D eigenvalue weighted by molar-refractivity contribution is 0.108. The zero-order valence-corrected chi connectivity index (χ0v) is 12.3. The summed E-state index contributed by atoms with van der Waals surface area (Å²) in [6.07, 6.45) is 2.72. The van der Waals surface area contributed by atoms with Gasteiger partial charge in [0.15, 0.2) is 0 Å². The molecule has 2 rings (SSSR count). The summed E-state index contributed by atoms with van der Waals surface area (Å²) in [6.45, 7) is 7.84. The highest BCUT2D eigenvalue weighted by atomic mass is 32.2. The van der Waals surface area contributed by atoms with Crippen molar-refractivity contribution in [1.82, 2.24) is 4.90 Å². The predicted molar refractivity (Wildman–Crippen MR) is 77.8 cm³/mol. The molecule has 4 unspecified atom stereocenters. The second-order valence-corrected chi connectivity index (χ2v) is 6.57. The van der Waals surface area contributed by atoms with E-state index in [9.17, 15) is 0 Å². The molecule has 0 aromatic carbocycles. The fraction of sp³-hybridized carbons (Fsp3) is 0.714. The van der Waals surface area contributed by atoms with Gasteiger partial charge in [0.25, 0.3) is 0 Å². The van der Waals surface area contributed by atoms with Gasteiger partial charge in [0.05, 0.1) is 12.3 Å². The third-order valence-corrected chi connectivity index (χ3v) is 5.34. The van der Waals surface area contributed by atoms with Crippen LogP contribution in [0.5, 0.6) is 0 Å². The van der Waals surface area contributed by atoms with Crippen molar-refractivity contribution in [2.75, 3.05) is 12.3 Å². The third kappa shape index (κ3) is 2.76. The molecule has 3 nitrogen and oxygen atoms in total. The first-order chi connectivity index (χ1) is 8.65. The van der Waals surface area contributed by atoms with Crippen LogP contribution in [0.2, 0.25) is 0 Å². The van der Waals surface area contributed by atoms with E-state index in [-0.39, 0.29) is 12.1 Å². The summed E-state index contributed by atoms with van der Waals surface area (Å²) < 4.78 is 5.63. The number of hydrogen-bond donors (Lipinski definition) is 1. The van der Waals surface area contributed by atoms with Gasteiger partial charge in [0.1, 0.15) is 5.76 Å². The fourth-order valence-corrected chi connectivity index (χ4v) is 3.78. The van der Waals surface area contributed by atoms with Crippen LogP contribution >= 0.6 is 11.8 Å². The van der Waals surface area contributed by atoms with Gasteiger partial charge in [-0.05, 0) is 25.5 Å². The van der Waals surface area contributed by atoms with Crippen molar-refractivity contribution in [3.63, 3.8) is 0 Å². The zero-order valence-electron chi connectivity index (χ0n) is 11.5. The molecule has 4 heteroatoms. The van der Waals surface area contributed by atoms with Crippen LogP contribution in [-0.2, 0) is 0 Å².